The number of anilines is 1. The van der Waals surface area contributed by atoms with Crippen LogP contribution in [0.1, 0.15) is 5.69 Å². The third kappa shape index (κ3) is 2.25. The van der Waals surface area contributed by atoms with Crippen molar-refractivity contribution >= 4 is 5.82 Å². The highest BCUT2D eigenvalue weighted by molar-refractivity contribution is 5.33. The minimum atomic E-state index is 0.179. The van der Waals surface area contributed by atoms with Crippen molar-refractivity contribution in [2.24, 2.45) is 7.05 Å². The molecule has 5 heteroatoms. The molecule has 1 heterocycles. The molecule has 0 aliphatic heterocycles. The Balaban J connectivity index is 2.02. The van der Waals surface area contributed by atoms with E-state index >= 15 is 0 Å². The molecule has 1 aromatic carbocycles. The van der Waals surface area contributed by atoms with Crippen molar-refractivity contribution in [3.63, 3.8) is 0 Å². The number of rotatable bonds is 3. The summed E-state index contributed by atoms with van der Waals surface area (Å²) in [4.78, 5) is 0. The second kappa shape index (κ2) is 4.14. The monoisotopic (exact) mass is 219 g/mol. The molecule has 5 nitrogen and oxygen atoms in total. The van der Waals surface area contributed by atoms with Crippen molar-refractivity contribution in [1.82, 2.24) is 9.78 Å². The quantitative estimate of drug-likeness (QED) is 0.815. The minimum Gasteiger partial charge on any atom is -0.508 e. The molecule has 1 aromatic heterocycles. The summed E-state index contributed by atoms with van der Waals surface area (Å²) in [6.45, 7) is 0.328. The number of nitrogens with zero attached hydrogens (tertiary/aromatic N) is 2. The lowest BCUT2D eigenvalue weighted by Crippen LogP contribution is -1.99. The van der Waals surface area contributed by atoms with E-state index in [4.69, 9.17) is 10.5 Å². The van der Waals surface area contributed by atoms with Crippen molar-refractivity contribution in [3.05, 3.63) is 36.0 Å². The molecule has 0 bridgehead atoms. The maximum Gasteiger partial charge on any atom is 0.132 e. The Labute approximate surface area is 93.1 Å². The van der Waals surface area contributed by atoms with Gasteiger partial charge in [-0.1, -0.05) is 6.07 Å². The first-order chi connectivity index (χ1) is 7.65. The molecule has 0 spiro atoms. The van der Waals surface area contributed by atoms with Crippen LogP contribution in [-0.4, -0.2) is 14.9 Å². The molecule has 3 N–H and O–H groups in total. The number of nitrogens with two attached hydrogens (primary N) is 1. The molecule has 0 aliphatic carbocycles. The van der Waals surface area contributed by atoms with E-state index in [1.165, 1.54) is 0 Å². The van der Waals surface area contributed by atoms with E-state index in [1.54, 1.807) is 42.1 Å². The standard InChI is InChI=1S/C11H13N3O2/c1-14-11(12)5-8(13-14)7-16-10-4-2-3-9(15)6-10/h2-6,15H,7,12H2,1H3. The van der Waals surface area contributed by atoms with Gasteiger partial charge in [0.1, 0.15) is 29.6 Å². The van der Waals surface area contributed by atoms with Gasteiger partial charge in [-0.3, -0.25) is 4.68 Å². The van der Waals surface area contributed by atoms with E-state index in [2.05, 4.69) is 5.10 Å². The molecular formula is C11H13N3O2. The van der Waals surface area contributed by atoms with Gasteiger partial charge in [-0.2, -0.15) is 5.10 Å². The van der Waals surface area contributed by atoms with Crippen molar-refractivity contribution in [3.8, 4) is 11.5 Å². The van der Waals surface area contributed by atoms with Gasteiger partial charge in [-0.25, -0.2) is 0 Å². The topological polar surface area (TPSA) is 73.3 Å². The zero-order valence-electron chi connectivity index (χ0n) is 8.92. The van der Waals surface area contributed by atoms with E-state index in [-0.39, 0.29) is 5.75 Å². The predicted molar refractivity (Wildman–Crippen MR) is 60.1 cm³/mol. The van der Waals surface area contributed by atoms with Crippen molar-refractivity contribution in [2.45, 2.75) is 6.61 Å². The first-order valence-electron chi connectivity index (χ1n) is 4.85. The predicted octanol–water partition coefficient (Wildman–Crippen LogP) is 1.29. The van der Waals surface area contributed by atoms with Crippen LogP contribution in [0.5, 0.6) is 11.5 Å². The fraction of sp³-hybridized carbons (Fsp3) is 0.182. The summed E-state index contributed by atoms with van der Waals surface area (Å²) in [7, 11) is 1.77. The second-order valence-electron chi connectivity index (χ2n) is 3.47. The number of aryl methyl sites for hydroxylation is 1. The first kappa shape index (κ1) is 10.4. The van der Waals surface area contributed by atoms with E-state index < -0.39 is 0 Å². The SMILES string of the molecule is Cn1nc(COc2cccc(O)c2)cc1N. The summed E-state index contributed by atoms with van der Waals surface area (Å²) in [6.07, 6.45) is 0. The number of phenolic OH excluding ortho intramolecular Hbond substituents is 1. The summed E-state index contributed by atoms with van der Waals surface area (Å²) in [5.74, 6) is 1.37. The van der Waals surface area contributed by atoms with E-state index in [1.807, 2.05) is 0 Å². The number of hydrogen-bond acceptors (Lipinski definition) is 4. The number of ether oxygens (including phenoxy) is 1. The van der Waals surface area contributed by atoms with Gasteiger partial charge < -0.3 is 15.6 Å². The molecule has 0 radical (unpaired) electrons. The highest BCUT2D eigenvalue weighted by Gasteiger charge is 2.02. The lowest BCUT2D eigenvalue weighted by Gasteiger charge is -2.03. The van der Waals surface area contributed by atoms with Gasteiger partial charge in [0.2, 0.25) is 0 Å². The van der Waals surface area contributed by atoms with Crippen LogP contribution in [0, 0.1) is 0 Å². The van der Waals surface area contributed by atoms with Crippen LogP contribution in [0.4, 0.5) is 5.82 Å². The number of phenols is 1. The molecule has 84 valence electrons. The van der Waals surface area contributed by atoms with Gasteiger partial charge in [-0.15, -0.1) is 0 Å². The Hall–Kier alpha value is -2.17. The molecule has 0 amide bonds. The Morgan fingerprint density at radius 3 is 2.88 bits per heavy atom. The van der Waals surface area contributed by atoms with Crippen molar-refractivity contribution in [2.75, 3.05) is 5.73 Å². The Kier molecular flexibility index (Phi) is 2.68. The highest BCUT2D eigenvalue weighted by atomic mass is 16.5. The molecule has 0 saturated carbocycles. The van der Waals surface area contributed by atoms with Gasteiger partial charge in [0.05, 0.1) is 0 Å². The van der Waals surface area contributed by atoms with Crippen LogP contribution in [0.2, 0.25) is 0 Å². The lowest BCUT2D eigenvalue weighted by molar-refractivity contribution is 0.298. The normalized spacial score (nSPS) is 10.3. The van der Waals surface area contributed by atoms with Crippen molar-refractivity contribution in [1.29, 1.82) is 0 Å². The summed E-state index contributed by atoms with van der Waals surface area (Å²) in [5.41, 5.74) is 6.39. The van der Waals surface area contributed by atoms with E-state index in [9.17, 15) is 5.11 Å². The van der Waals surface area contributed by atoms with Crippen molar-refractivity contribution < 1.29 is 9.84 Å². The molecule has 0 fully saturated rings. The van der Waals surface area contributed by atoms with Crippen LogP contribution in [-0.2, 0) is 13.7 Å². The summed E-state index contributed by atoms with van der Waals surface area (Å²) in [5, 5.41) is 13.4. The Bertz CT molecular complexity index is 474. The third-order valence-corrected chi connectivity index (χ3v) is 2.17. The lowest BCUT2D eigenvalue weighted by atomic mass is 10.3. The maximum absolute atomic E-state index is 9.24. The fourth-order valence-corrected chi connectivity index (χ4v) is 1.34. The van der Waals surface area contributed by atoms with Crippen LogP contribution >= 0.6 is 0 Å². The minimum absolute atomic E-state index is 0.179. The number of aromatic nitrogens is 2. The zero-order chi connectivity index (χ0) is 11.5. The van der Waals surface area contributed by atoms with Crippen LogP contribution < -0.4 is 10.5 Å². The van der Waals surface area contributed by atoms with Gasteiger partial charge in [0.25, 0.3) is 0 Å². The molecule has 0 atom stereocenters. The van der Waals surface area contributed by atoms with E-state index in [0.717, 1.165) is 5.69 Å². The maximum atomic E-state index is 9.24. The first-order valence-corrected chi connectivity index (χ1v) is 4.85. The van der Waals surface area contributed by atoms with Gasteiger partial charge in [0.15, 0.2) is 0 Å². The number of nitrogen functional groups attached to an aromatic ring is 1. The Morgan fingerprint density at radius 2 is 2.25 bits per heavy atom. The van der Waals surface area contributed by atoms with Crippen LogP contribution in [0.15, 0.2) is 30.3 Å². The molecule has 0 aliphatic rings. The second-order valence-corrected chi connectivity index (χ2v) is 3.47. The average molecular weight is 219 g/mol. The molecule has 2 rings (SSSR count). The van der Waals surface area contributed by atoms with E-state index in [0.29, 0.717) is 18.2 Å². The molecule has 16 heavy (non-hydrogen) atoms. The molecule has 0 unspecified atom stereocenters. The number of aromatic hydroxyl groups is 1. The van der Waals surface area contributed by atoms with Crippen LogP contribution in [0.3, 0.4) is 0 Å². The fourth-order valence-electron chi connectivity index (χ4n) is 1.34. The molecule has 2 aromatic rings. The largest absolute Gasteiger partial charge is 0.508 e. The highest BCUT2D eigenvalue weighted by Crippen LogP contribution is 2.18. The van der Waals surface area contributed by atoms with Crippen LogP contribution in [0.25, 0.3) is 0 Å². The average Bonchev–Trinajstić information content (AvgIpc) is 2.56. The summed E-state index contributed by atoms with van der Waals surface area (Å²) < 4.78 is 7.03. The van der Waals surface area contributed by atoms with Gasteiger partial charge in [-0.05, 0) is 12.1 Å². The number of benzene rings is 1. The molecular weight excluding hydrogens is 206 g/mol. The number of hydrogen-bond donors (Lipinski definition) is 2. The Morgan fingerprint density at radius 1 is 1.44 bits per heavy atom. The summed E-state index contributed by atoms with van der Waals surface area (Å²) >= 11 is 0. The smallest absolute Gasteiger partial charge is 0.132 e. The zero-order valence-corrected chi connectivity index (χ0v) is 8.92. The summed E-state index contributed by atoms with van der Waals surface area (Å²) in [6, 6.07) is 8.38. The van der Waals surface area contributed by atoms with Gasteiger partial charge in [0, 0.05) is 19.2 Å². The van der Waals surface area contributed by atoms with Gasteiger partial charge >= 0.3 is 0 Å². The molecule has 0 saturated heterocycles. The third-order valence-electron chi connectivity index (χ3n) is 2.17.